The number of hydrogen-bond acceptors (Lipinski definition) is 2. The lowest BCUT2D eigenvalue weighted by Gasteiger charge is -2.22. The molecule has 0 aliphatic heterocycles. The van der Waals surface area contributed by atoms with E-state index in [4.69, 9.17) is 4.42 Å². The average molecular weight is 781 g/mol. The van der Waals surface area contributed by atoms with Crippen LogP contribution in [0, 0.1) is 0 Å². The predicted octanol–water partition coefficient (Wildman–Crippen LogP) is 17.2. The molecule has 12 aromatic rings. The van der Waals surface area contributed by atoms with Crippen molar-refractivity contribution in [2.24, 2.45) is 0 Å². The molecule has 0 saturated carbocycles. The Bertz CT molecular complexity index is 3700. The molecule has 13 rings (SSSR count). The van der Waals surface area contributed by atoms with E-state index in [9.17, 15) is 0 Å². The molecule has 280 valence electrons. The summed E-state index contributed by atoms with van der Waals surface area (Å²) >= 11 is 1.87. The van der Waals surface area contributed by atoms with Crippen molar-refractivity contribution in [2.45, 2.75) is 12.3 Å². The Kier molecular flexibility index (Phi) is 7.37. The van der Waals surface area contributed by atoms with E-state index in [1.54, 1.807) is 0 Å². The first-order valence-electron chi connectivity index (χ1n) is 20.9. The van der Waals surface area contributed by atoms with Crippen molar-refractivity contribution in [3.63, 3.8) is 0 Å². The number of hydrogen-bond donors (Lipinski definition) is 0. The lowest BCUT2D eigenvalue weighted by Crippen LogP contribution is -2.00. The summed E-state index contributed by atoms with van der Waals surface area (Å²) in [5.74, 6) is 0.312. The first-order chi connectivity index (χ1) is 29.8. The maximum Gasteiger partial charge on any atom is 0.136 e. The zero-order valence-electron chi connectivity index (χ0n) is 32.7. The fourth-order valence-corrected chi connectivity index (χ4v) is 11.6. The highest BCUT2D eigenvalue weighted by Crippen LogP contribution is 2.51. The van der Waals surface area contributed by atoms with E-state index in [1.165, 1.54) is 102 Å². The molecular formula is C58H36OS. The molecule has 1 aliphatic rings. The van der Waals surface area contributed by atoms with Gasteiger partial charge in [0.05, 0.1) is 0 Å². The maximum atomic E-state index is 6.89. The van der Waals surface area contributed by atoms with Crippen molar-refractivity contribution in [1.29, 1.82) is 0 Å². The first kappa shape index (κ1) is 33.7. The first-order valence-corrected chi connectivity index (χ1v) is 21.7. The molecule has 0 N–H and O–H groups in total. The van der Waals surface area contributed by atoms with Crippen LogP contribution >= 0.6 is 11.3 Å². The van der Waals surface area contributed by atoms with Crippen LogP contribution in [0.2, 0.25) is 0 Å². The van der Waals surface area contributed by atoms with E-state index >= 15 is 0 Å². The van der Waals surface area contributed by atoms with Crippen molar-refractivity contribution in [2.75, 3.05) is 0 Å². The Morgan fingerprint density at radius 2 is 0.883 bits per heavy atom. The number of thiophene rings is 1. The monoisotopic (exact) mass is 780 g/mol. The third-order valence-electron chi connectivity index (χ3n) is 13.0. The molecule has 1 aliphatic carbocycles. The highest BCUT2D eigenvalue weighted by Gasteiger charge is 2.25. The van der Waals surface area contributed by atoms with E-state index in [0.29, 0.717) is 5.92 Å². The Balaban J connectivity index is 1.13. The van der Waals surface area contributed by atoms with Crippen molar-refractivity contribution in [1.82, 2.24) is 0 Å². The topological polar surface area (TPSA) is 13.1 Å². The van der Waals surface area contributed by atoms with Crippen LogP contribution in [0.3, 0.4) is 0 Å². The molecule has 2 heterocycles. The smallest absolute Gasteiger partial charge is 0.136 e. The van der Waals surface area contributed by atoms with Crippen LogP contribution in [0.25, 0.3) is 119 Å². The third-order valence-corrected chi connectivity index (χ3v) is 14.1. The van der Waals surface area contributed by atoms with Gasteiger partial charge in [0.2, 0.25) is 0 Å². The van der Waals surface area contributed by atoms with Gasteiger partial charge in [-0.05, 0) is 119 Å². The number of fused-ring (bicyclic) bond motifs is 10. The van der Waals surface area contributed by atoms with E-state index in [0.717, 1.165) is 28.4 Å². The quantitative estimate of drug-likeness (QED) is 0.162. The Morgan fingerprint density at radius 3 is 1.43 bits per heavy atom. The fourth-order valence-electron chi connectivity index (χ4n) is 10.5. The summed E-state index contributed by atoms with van der Waals surface area (Å²) in [6.45, 7) is 0. The van der Waals surface area contributed by atoms with E-state index < -0.39 is 0 Å². The molecule has 0 radical (unpaired) electrons. The highest BCUT2D eigenvalue weighted by atomic mass is 32.1. The van der Waals surface area contributed by atoms with Gasteiger partial charge < -0.3 is 4.42 Å². The van der Waals surface area contributed by atoms with Gasteiger partial charge in [0, 0.05) is 36.9 Å². The molecule has 0 spiro atoms. The molecule has 0 amide bonds. The minimum absolute atomic E-state index is 0.312. The molecule has 1 unspecified atom stereocenters. The van der Waals surface area contributed by atoms with Crippen LogP contribution in [0.4, 0.5) is 0 Å². The lowest BCUT2D eigenvalue weighted by molar-refractivity contribution is 0.669. The van der Waals surface area contributed by atoms with E-state index in [2.05, 4.69) is 200 Å². The minimum Gasteiger partial charge on any atom is -0.456 e. The SMILES string of the molecule is C1=CCC(c2c3ccccc3c(-c3cccc4oc5cccc(-c6c7ccccc7c(-c7ccc8sc9ccccc9c8c7)c7ccccc67)c5c34)c3ccccc23)C=C1. The predicted molar refractivity (Wildman–Crippen MR) is 259 cm³/mol. The second kappa shape index (κ2) is 13.1. The standard InChI is InChI=1S/C58H36OS/c1-2-16-35(17-3-1)53-38-19-4-8-23-42(38)55(43-24-9-5-20-39(43)53)46-27-14-29-49-57(46)58-47(28-15-30-50(58)59-49)56-44-25-10-6-21-40(44)54(41-22-7-11-26-45(41)56)36-32-33-52-48(34-36)37-18-12-13-31-51(37)60-52/h1-16,18-35H,17H2. The van der Waals surface area contributed by atoms with Gasteiger partial charge in [-0.15, -0.1) is 11.3 Å². The van der Waals surface area contributed by atoms with Crippen molar-refractivity contribution in [3.05, 3.63) is 206 Å². The molecule has 10 aromatic carbocycles. The van der Waals surface area contributed by atoms with E-state index in [1.807, 2.05) is 11.3 Å². The summed E-state index contributed by atoms with van der Waals surface area (Å²) in [7, 11) is 0. The minimum atomic E-state index is 0.312. The van der Waals surface area contributed by atoms with Gasteiger partial charge in [-0.25, -0.2) is 0 Å². The second-order valence-corrected chi connectivity index (χ2v) is 17.2. The maximum absolute atomic E-state index is 6.89. The zero-order valence-corrected chi connectivity index (χ0v) is 33.5. The molecule has 0 bridgehead atoms. The molecule has 0 saturated heterocycles. The summed E-state index contributed by atoms with van der Waals surface area (Å²) in [5, 5.41) is 15.0. The molecule has 0 fully saturated rings. The molecule has 2 aromatic heterocycles. The van der Waals surface area contributed by atoms with Gasteiger partial charge in [0.1, 0.15) is 11.2 Å². The summed E-state index contributed by atoms with van der Waals surface area (Å²) in [6, 6.07) is 65.2. The Hall–Kier alpha value is -7.26. The van der Waals surface area contributed by atoms with Crippen molar-refractivity contribution >= 4 is 96.5 Å². The van der Waals surface area contributed by atoms with Crippen LogP contribution in [0.1, 0.15) is 17.9 Å². The van der Waals surface area contributed by atoms with Gasteiger partial charge in [0.25, 0.3) is 0 Å². The largest absolute Gasteiger partial charge is 0.456 e. The summed E-state index contributed by atoms with van der Waals surface area (Å²) < 4.78 is 9.53. The number of rotatable bonds is 4. The van der Waals surface area contributed by atoms with Crippen LogP contribution < -0.4 is 0 Å². The molecule has 1 nitrogen and oxygen atoms in total. The number of benzene rings is 10. The molecule has 2 heteroatoms. The van der Waals surface area contributed by atoms with Crippen LogP contribution in [-0.2, 0) is 0 Å². The van der Waals surface area contributed by atoms with E-state index in [-0.39, 0.29) is 0 Å². The van der Waals surface area contributed by atoms with Gasteiger partial charge in [0.15, 0.2) is 0 Å². The number of allylic oxidation sites excluding steroid dienone is 4. The van der Waals surface area contributed by atoms with Gasteiger partial charge in [-0.2, -0.15) is 0 Å². The van der Waals surface area contributed by atoms with Crippen molar-refractivity contribution in [3.8, 4) is 33.4 Å². The molecule has 60 heavy (non-hydrogen) atoms. The fraction of sp³-hybridized carbons (Fsp3) is 0.0345. The van der Waals surface area contributed by atoms with Gasteiger partial charge in [-0.1, -0.05) is 170 Å². The normalized spacial score (nSPS) is 14.3. The van der Waals surface area contributed by atoms with Crippen molar-refractivity contribution < 1.29 is 4.42 Å². The Morgan fingerprint density at radius 1 is 0.400 bits per heavy atom. The Labute approximate surface area is 350 Å². The highest BCUT2D eigenvalue weighted by molar-refractivity contribution is 7.25. The lowest BCUT2D eigenvalue weighted by atomic mass is 9.80. The summed E-state index contributed by atoms with van der Waals surface area (Å²) in [4.78, 5) is 0. The van der Waals surface area contributed by atoms with Gasteiger partial charge in [-0.3, -0.25) is 0 Å². The second-order valence-electron chi connectivity index (χ2n) is 16.1. The number of furan rings is 1. The third kappa shape index (κ3) is 4.86. The summed E-state index contributed by atoms with van der Waals surface area (Å²) in [5.41, 5.74) is 10.6. The molecular weight excluding hydrogens is 745 g/mol. The zero-order chi connectivity index (χ0) is 39.3. The average Bonchev–Trinajstić information content (AvgIpc) is 3.89. The van der Waals surface area contributed by atoms with Gasteiger partial charge >= 0.3 is 0 Å². The van der Waals surface area contributed by atoms with Crippen LogP contribution in [0.5, 0.6) is 0 Å². The molecule has 1 atom stereocenters. The summed E-state index contributed by atoms with van der Waals surface area (Å²) in [6.07, 6.45) is 10.0. The van der Waals surface area contributed by atoms with Crippen LogP contribution in [0.15, 0.2) is 205 Å². The van der Waals surface area contributed by atoms with Crippen LogP contribution in [-0.4, -0.2) is 0 Å².